The maximum atomic E-state index is 9.99. The predicted molar refractivity (Wildman–Crippen MR) is 91.2 cm³/mol. The normalized spacial score (nSPS) is 39.0. The molecule has 0 bridgehead atoms. The van der Waals surface area contributed by atoms with Crippen LogP contribution in [0.25, 0.3) is 0 Å². The summed E-state index contributed by atoms with van der Waals surface area (Å²) in [4.78, 5) is 0. The van der Waals surface area contributed by atoms with Gasteiger partial charge in [-0.05, 0) is 96.4 Å². The molecule has 1 N–H and O–H groups in total. The van der Waals surface area contributed by atoms with Crippen LogP contribution in [-0.2, 0) is 6.42 Å². The Bertz CT molecular complexity index is 615. The van der Waals surface area contributed by atoms with Gasteiger partial charge in [0.2, 0.25) is 0 Å². The van der Waals surface area contributed by atoms with Crippen LogP contribution >= 0.6 is 0 Å². The van der Waals surface area contributed by atoms with Crippen molar-refractivity contribution in [3.05, 3.63) is 28.8 Å². The number of phenols is 1. The average Bonchev–Trinajstić information content (AvgIpc) is 2.77. The first-order valence-corrected chi connectivity index (χ1v) is 9.15. The van der Waals surface area contributed by atoms with E-state index in [1.54, 1.807) is 5.56 Å². The molecular weight excluding hydrogens is 268 g/mol. The van der Waals surface area contributed by atoms with Gasteiger partial charge in [-0.1, -0.05) is 27.2 Å². The van der Waals surface area contributed by atoms with Gasteiger partial charge in [0.05, 0.1) is 0 Å². The van der Waals surface area contributed by atoms with Crippen molar-refractivity contribution in [1.29, 1.82) is 0 Å². The molecule has 22 heavy (non-hydrogen) atoms. The van der Waals surface area contributed by atoms with Crippen molar-refractivity contribution in [3.63, 3.8) is 0 Å². The Hall–Kier alpha value is -0.980. The summed E-state index contributed by atoms with van der Waals surface area (Å²) in [6, 6.07) is 4.02. The Labute approximate surface area is 135 Å². The summed E-state index contributed by atoms with van der Waals surface area (Å²) >= 11 is 0. The lowest BCUT2D eigenvalue weighted by atomic mass is 9.46. The molecule has 4 rings (SSSR count). The molecule has 1 nitrogen and oxygen atoms in total. The van der Waals surface area contributed by atoms with Crippen LogP contribution in [0.15, 0.2) is 12.1 Å². The van der Waals surface area contributed by atoms with Gasteiger partial charge >= 0.3 is 0 Å². The van der Waals surface area contributed by atoms with Crippen LogP contribution in [-0.4, -0.2) is 5.11 Å². The highest BCUT2D eigenvalue weighted by atomic mass is 16.3. The van der Waals surface area contributed by atoms with Gasteiger partial charge < -0.3 is 5.11 Å². The highest BCUT2D eigenvalue weighted by Crippen LogP contribution is 2.65. The number of aryl methyl sites for hydroxylation is 1. The zero-order valence-corrected chi connectivity index (χ0v) is 14.6. The minimum atomic E-state index is 0.459. The van der Waals surface area contributed by atoms with Crippen LogP contribution in [0, 0.1) is 29.6 Å². The Morgan fingerprint density at radius 3 is 2.64 bits per heavy atom. The molecule has 0 amide bonds. The van der Waals surface area contributed by atoms with Gasteiger partial charge in [-0.3, -0.25) is 0 Å². The lowest BCUT2D eigenvalue weighted by molar-refractivity contribution is -0.0771. The van der Waals surface area contributed by atoms with Crippen LogP contribution in [0.4, 0.5) is 0 Å². The lowest BCUT2D eigenvalue weighted by Crippen LogP contribution is -2.50. The standard InChI is InChI=1S/C21H30O/c1-13-10-15(22)11-14-12-17-16(19(13)14)6-7-18-20(2,3)8-5-9-21(17,18)4/h10-11,16-18,22H,5-9,12H2,1-4H3. The summed E-state index contributed by atoms with van der Waals surface area (Å²) in [5.74, 6) is 2.87. The molecule has 0 heterocycles. The third-order valence-corrected chi connectivity index (χ3v) is 7.64. The monoisotopic (exact) mass is 298 g/mol. The van der Waals surface area contributed by atoms with Crippen molar-refractivity contribution in [2.75, 3.05) is 0 Å². The Balaban J connectivity index is 1.77. The molecule has 0 saturated heterocycles. The number of rotatable bonds is 0. The number of phenolic OH excluding ortho intramolecular Hbond substituents is 1. The van der Waals surface area contributed by atoms with E-state index in [9.17, 15) is 5.11 Å². The van der Waals surface area contributed by atoms with Gasteiger partial charge in [-0.25, -0.2) is 0 Å². The van der Waals surface area contributed by atoms with Crippen molar-refractivity contribution in [1.82, 2.24) is 0 Å². The van der Waals surface area contributed by atoms with Gasteiger partial charge in [0.15, 0.2) is 0 Å². The second-order valence-electron chi connectivity index (χ2n) is 9.23. The molecule has 4 atom stereocenters. The maximum Gasteiger partial charge on any atom is 0.116 e. The van der Waals surface area contributed by atoms with Gasteiger partial charge in [-0.15, -0.1) is 0 Å². The number of aromatic hydroxyl groups is 1. The fourth-order valence-corrected chi connectivity index (χ4v) is 6.85. The van der Waals surface area contributed by atoms with Crippen molar-refractivity contribution in [2.24, 2.45) is 22.7 Å². The van der Waals surface area contributed by atoms with Crippen LogP contribution in [0.5, 0.6) is 5.75 Å². The second-order valence-corrected chi connectivity index (χ2v) is 9.23. The summed E-state index contributed by atoms with van der Waals surface area (Å²) < 4.78 is 0. The molecule has 120 valence electrons. The number of fused-ring (bicyclic) bond motifs is 5. The van der Waals surface area contributed by atoms with Gasteiger partial charge in [0, 0.05) is 0 Å². The first kappa shape index (κ1) is 14.6. The zero-order chi connectivity index (χ0) is 15.7. The van der Waals surface area contributed by atoms with Crippen molar-refractivity contribution < 1.29 is 5.11 Å². The minimum absolute atomic E-state index is 0.459. The van der Waals surface area contributed by atoms with Gasteiger partial charge in [-0.2, -0.15) is 0 Å². The molecule has 1 heteroatoms. The molecule has 2 saturated carbocycles. The third-order valence-electron chi connectivity index (χ3n) is 7.64. The van der Waals surface area contributed by atoms with E-state index in [1.807, 2.05) is 12.1 Å². The molecule has 0 aromatic heterocycles. The molecule has 1 aromatic carbocycles. The van der Waals surface area contributed by atoms with Crippen LogP contribution in [0.1, 0.15) is 75.5 Å². The summed E-state index contributed by atoms with van der Waals surface area (Å²) in [7, 11) is 0. The first-order chi connectivity index (χ1) is 10.3. The van der Waals surface area contributed by atoms with Crippen molar-refractivity contribution >= 4 is 0 Å². The molecule has 4 unspecified atom stereocenters. The van der Waals surface area contributed by atoms with Gasteiger partial charge in [0.25, 0.3) is 0 Å². The fourth-order valence-electron chi connectivity index (χ4n) is 6.85. The Morgan fingerprint density at radius 2 is 1.86 bits per heavy atom. The quantitative estimate of drug-likeness (QED) is 0.662. The number of hydrogen-bond donors (Lipinski definition) is 1. The van der Waals surface area contributed by atoms with Crippen molar-refractivity contribution in [3.8, 4) is 5.75 Å². The molecule has 0 spiro atoms. The van der Waals surface area contributed by atoms with E-state index in [0.29, 0.717) is 16.6 Å². The summed E-state index contributed by atoms with van der Waals surface area (Å²) in [5.41, 5.74) is 5.35. The molecule has 0 radical (unpaired) electrons. The smallest absolute Gasteiger partial charge is 0.116 e. The maximum absolute atomic E-state index is 9.99. The fraction of sp³-hybridized carbons (Fsp3) is 0.714. The molecule has 2 fully saturated rings. The van der Waals surface area contributed by atoms with Crippen LogP contribution < -0.4 is 0 Å². The van der Waals surface area contributed by atoms with Crippen molar-refractivity contribution in [2.45, 2.75) is 72.1 Å². The predicted octanol–water partition coefficient (Wildman–Crippen LogP) is 5.58. The van der Waals surface area contributed by atoms with Gasteiger partial charge in [0.1, 0.15) is 5.75 Å². The van der Waals surface area contributed by atoms with E-state index in [4.69, 9.17) is 0 Å². The Kier molecular flexibility index (Phi) is 3.00. The van der Waals surface area contributed by atoms with Crippen LogP contribution in [0.2, 0.25) is 0 Å². The zero-order valence-electron chi connectivity index (χ0n) is 14.6. The second kappa shape index (κ2) is 4.52. The highest BCUT2D eigenvalue weighted by molar-refractivity contribution is 5.47. The van der Waals surface area contributed by atoms with E-state index in [0.717, 1.165) is 17.8 Å². The Morgan fingerprint density at radius 1 is 1.09 bits per heavy atom. The molecule has 3 aliphatic carbocycles. The third kappa shape index (κ3) is 1.83. The highest BCUT2D eigenvalue weighted by Gasteiger charge is 2.56. The molecule has 0 aliphatic heterocycles. The van der Waals surface area contributed by atoms with Crippen LogP contribution in [0.3, 0.4) is 0 Å². The van der Waals surface area contributed by atoms with E-state index in [1.165, 1.54) is 49.7 Å². The largest absolute Gasteiger partial charge is 0.508 e. The number of benzene rings is 1. The average molecular weight is 298 g/mol. The lowest BCUT2D eigenvalue weighted by Gasteiger charge is -2.58. The minimum Gasteiger partial charge on any atom is -0.508 e. The van der Waals surface area contributed by atoms with E-state index < -0.39 is 0 Å². The summed E-state index contributed by atoms with van der Waals surface area (Å²) in [5, 5.41) is 9.99. The summed E-state index contributed by atoms with van der Waals surface area (Å²) in [6.45, 7) is 9.81. The number of hydrogen-bond acceptors (Lipinski definition) is 1. The first-order valence-electron chi connectivity index (χ1n) is 9.15. The van der Waals surface area contributed by atoms with E-state index in [2.05, 4.69) is 27.7 Å². The molecule has 1 aromatic rings. The topological polar surface area (TPSA) is 20.2 Å². The van der Waals surface area contributed by atoms with E-state index in [-0.39, 0.29) is 0 Å². The SMILES string of the molecule is Cc1cc(O)cc2c1C1CCC3C(C)(C)CCCC3(C)C1C2. The summed E-state index contributed by atoms with van der Waals surface area (Å²) in [6.07, 6.45) is 8.14. The van der Waals surface area contributed by atoms with E-state index >= 15 is 0 Å². The molecule has 3 aliphatic rings. The molecular formula is C21H30O.